The fourth-order valence-electron chi connectivity index (χ4n) is 2.32. The average molecular weight is 251 g/mol. The first kappa shape index (κ1) is 12.8. The van der Waals surface area contributed by atoms with Crippen molar-refractivity contribution < 1.29 is 9.18 Å². The molecule has 1 fully saturated rings. The molecule has 2 N–H and O–H groups in total. The molecule has 4 nitrogen and oxygen atoms in total. The normalized spacial score (nSPS) is 21.1. The van der Waals surface area contributed by atoms with E-state index in [4.69, 9.17) is 5.73 Å². The van der Waals surface area contributed by atoms with E-state index >= 15 is 0 Å². The summed E-state index contributed by atoms with van der Waals surface area (Å²) in [6, 6.07) is 5.90. The Morgan fingerprint density at radius 1 is 1.44 bits per heavy atom. The molecule has 2 rings (SSSR count). The van der Waals surface area contributed by atoms with Gasteiger partial charge in [0.25, 0.3) is 0 Å². The molecule has 1 unspecified atom stereocenters. The first-order chi connectivity index (χ1) is 8.63. The molecule has 1 saturated heterocycles. The Bertz CT molecular complexity index is 438. The Balaban J connectivity index is 2.32. The van der Waals surface area contributed by atoms with E-state index in [1.807, 2.05) is 11.0 Å². The lowest BCUT2D eigenvalue weighted by atomic mass is 10.2. The Hall–Kier alpha value is -1.62. The number of nitrogens with zero attached hydrogens (tertiary/aromatic N) is 2. The summed E-state index contributed by atoms with van der Waals surface area (Å²) in [6.07, 6.45) is 0.856. The van der Waals surface area contributed by atoms with Crippen LogP contribution in [0.3, 0.4) is 0 Å². The largest absolute Gasteiger partial charge is 0.358 e. The second-order valence-electron chi connectivity index (χ2n) is 4.54. The van der Waals surface area contributed by atoms with E-state index in [1.54, 1.807) is 18.0 Å². The van der Waals surface area contributed by atoms with Crippen LogP contribution in [0.4, 0.5) is 10.1 Å². The van der Waals surface area contributed by atoms with E-state index in [1.165, 1.54) is 12.1 Å². The van der Waals surface area contributed by atoms with Crippen molar-refractivity contribution in [2.24, 2.45) is 5.73 Å². The van der Waals surface area contributed by atoms with Crippen molar-refractivity contribution >= 4 is 11.6 Å². The lowest BCUT2D eigenvalue weighted by Crippen LogP contribution is -2.49. The molecular weight excluding hydrogens is 233 g/mol. The maximum absolute atomic E-state index is 13.3. The zero-order valence-corrected chi connectivity index (χ0v) is 10.5. The summed E-state index contributed by atoms with van der Waals surface area (Å²) in [6.45, 7) is 1.65. The van der Waals surface area contributed by atoms with Crippen LogP contribution in [0.1, 0.15) is 6.42 Å². The first-order valence-electron chi connectivity index (χ1n) is 6.10. The van der Waals surface area contributed by atoms with Gasteiger partial charge in [-0.05, 0) is 24.6 Å². The highest BCUT2D eigenvalue weighted by Crippen LogP contribution is 2.21. The highest BCUT2D eigenvalue weighted by atomic mass is 19.1. The van der Waals surface area contributed by atoms with Gasteiger partial charge in [0.1, 0.15) is 11.9 Å². The van der Waals surface area contributed by atoms with E-state index < -0.39 is 6.04 Å². The molecule has 0 spiro atoms. The molecule has 0 aromatic heterocycles. The molecule has 1 aliphatic rings. The zero-order chi connectivity index (χ0) is 13.1. The van der Waals surface area contributed by atoms with Gasteiger partial charge in [0, 0.05) is 32.4 Å². The van der Waals surface area contributed by atoms with Crippen LogP contribution in [0.2, 0.25) is 0 Å². The van der Waals surface area contributed by atoms with Gasteiger partial charge in [0.05, 0.1) is 0 Å². The maximum atomic E-state index is 13.3. The van der Waals surface area contributed by atoms with Crippen LogP contribution in [0.5, 0.6) is 0 Å². The minimum Gasteiger partial charge on any atom is -0.358 e. The first-order valence-corrected chi connectivity index (χ1v) is 6.10. The lowest BCUT2D eigenvalue weighted by molar-refractivity contribution is -0.130. The summed E-state index contributed by atoms with van der Waals surface area (Å²) in [7, 11) is 1.78. The Morgan fingerprint density at radius 2 is 2.22 bits per heavy atom. The molecule has 1 atom stereocenters. The summed E-state index contributed by atoms with van der Waals surface area (Å²) < 4.78 is 13.3. The molecule has 1 amide bonds. The number of hydrogen-bond acceptors (Lipinski definition) is 3. The highest BCUT2D eigenvalue weighted by molar-refractivity contribution is 5.86. The number of likely N-dealkylation sites (N-methyl/N-ethyl adjacent to an activating group) is 1. The number of carbonyl (C=O) groups excluding carboxylic acids is 1. The van der Waals surface area contributed by atoms with E-state index in [2.05, 4.69) is 0 Å². The minimum atomic E-state index is -0.403. The molecule has 18 heavy (non-hydrogen) atoms. The predicted octanol–water partition coefficient (Wildman–Crippen LogP) is 0.821. The van der Waals surface area contributed by atoms with Gasteiger partial charge >= 0.3 is 0 Å². The van der Waals surface area contributed by atoms with E-state index in [9.17, 15) is 9.18 Å². The minimum absolute atomic E-state index is 0.000684. The molecule has 1 heterocycles. The second-order valence-corrected chi connectivity index (χ2v) is 4.54. The van der Waals surface area contributed by atoms with Gasteiger partial charge < -0.3 is 15.5 Å². The quantitative estimate of drug-likeness (QED) is 0.846. The molecular formula is C13H18FN3O. The number of anilines is 1. The number of rotatable bonds is 2. The SMILES string of the molecule is CN1CCCN(c2cccc(F)c2)C(CN)C1=O. The van der Waals surface area contributed by atoms with E-state index in [-0.39, 0.29) is 18.3 Å². The Labute approximate surface area is 106 Å². The van der Waals surface area contributed by atoms with Gasteiger partial charge in [-0.15, -0.1) is 0 Å². The van der Waals surface area contributed by atoms with Crippen LogP contribution < -0.4 is 10.6 Å². The van der Waals surface area contributed by atoms with Crippen molar-refractivity contribution in [3.63, 3.8) is 0 Å². The monoisotopic (exact) mass is 251 g/mol. The second kappa shape index (κ2) is 5.35. The van der Waals surface area contributed by atoms with Gasteiger partial charge in [-0.2, -0.15) is 0 Å². The van der Waals surface area contributed by atoms with Crippen molar-refractivity contribution in [3.8, 4) is 0 Å². The fourth-order valence-corrected chi connectivity index (χ4v) is 2.32. The summed E-state index contributed by atoms with van der Waals surface area (Å²) in [4.78, 5) is 15.7. The predicted molar refractivity (Wildman–Crippen MR) is 68.8 cm³/mol. The van der Waals surface area contributed by atoms with Gasteiger partial charge in [0.15, 0.2) is 0 Å². The average Bonchev–Trinajstić information content (AvgIpc) is 2.50. The molecule has 0 bridgehead atoms. The third-order valence-corrected chi connectivity index (χ3v) is 3.29. The van der Waals surface area contributed by atoms with Gasteiger partial charge in [-0.25, -0.2) is 4.39 Å². The number of amides is 1. The summed E-state index contributed by atoms with van der Waals surface area (Å²) in [5, 5.41) is 0. The summed E-state index contributed by atoms with van der Waals surface area (Å²) in [5.74, 6) is -0.299. The molecule has 0 radical (unpaired) electrons. The zero-order valence-electron chi connectivity index (χ0n) is 10.5. The van der Waals surface area contributed by atoms with Gasteiger partial charge in [-0.3, -0.25) is 4.79 Å². The third kappa shape index (κ3) is 2.46. The fraction of sp³-hybridized carbons (Fsp3) is 0.462. The standard InChI is InChI=1S/C13H18FN3O/c1-16-6-3-7-17(12(9-15)13(16)18)11-5-2-4-10(14)8-11/h2,4-5,8,12H,3,6-7,9,15H2,1H3. The van der Waals surface area contributed by atoms with Gasteiger partial charge in [0.2, 0.25) is 5.91 Å². The van der Waals surface area contributed by atoms with Crippen LogP contribution >= 0.6 is 0 Å². The maximum Gasteiger partial charge on any atom is 0.246 e. The molecule has 1 aromatic carbocycles. The number of carbonyl (C=O) groups is 1. The molecule has 5 heteroatoms. The smallest absolute Gasteiger partial charge is 0.246 e. The lowest BCUT2D eigenvalue weighted by Gasteiger charge is -2.30. The molecule has 1 aromatic rings. The number of benzene rings is 1. The van der Waals surface area contributed by atoms with E-state index in [0.717, 1.165) is 6.42 Å². The number of halogens is 1. The van der Waals surface area contributed by atoms with Crippen LogP contribution in [0.15, 0.2) is 24.3 Å². The van der Waals surface area contributed by atoms with Crippen LogP contribution in [-0.4, -0.2) is 43.5 Å². The van der Waals surface area contributed by atoms with Gasteiger partial charge in [-0.1, -0.05) is 6.07 Å². The van der Waals surface area contributed by atoms with Crippen LogP contribution in [0.25, 0.3) is 0 Å². The Morgan fingerprint density at radius 3 is 2.89 bits per heavy atom. The van der Waals surface area contributed by atoms with Crippen molar-refractivity contribution in [2.75, 3.05) is 31.6 Å². The van der Waals surface area contributed by atoms with Crippen molar-refractivity contribution in [1.29, 1.82) is 0 Å². The highest BCUT2D eigenvalue weighted by Gasteiger charge is 2.30. The molecule has 0 aliphatic carbocycles. The molecule has 98 valence electrons. The van der Waals surface area contributed by atoms with E-state index in [0.29, 0.717) is 18.8 Å². The molecule has 1 aliphatic heterocycles. The summed E-state index contributed by atoms with van der Waals surface area (Å²) in [5.41, 5.74) is 6.42. The van der Waals surface area contributed by atoms with Crippen LogP contribution in [0, 0.1) is 5.82 Å². The summed E-state index contributed by atoms with van der Waals surface area (Å²) >= 11 is 0. The van der Waals surface area contributed by atoms with Crippen molar-refractivity contribution in [1.82, 2.24) is 4.90 Å². The number of nitrogens with two attached hydrogens (primary N) is 1. The third-order valence-electron chi connectivity index (χ3n) is 3.29. The topological polar surface area (TPSA) is 49.6 Å². The number of hydrogen-bond donors (Lipinski definition) is 1. The van der Waals surface area contributed by atoms with Crippen LogP contribution in [-0.2, 0) is 4.79 Å². The van der Waals surface area contributed by atoms with Crippen molar-refractivity contribution in [3.05, 3.63) is 30.1 Å². The molecule has 0 saturated carbocycles. The van der Waals surface area contributed by atoms with Crippen molar-refractivity contribution in [2.45, 2.75) is 12.5 Å². The Kier molecular flexibility index (Phi) is 3.81.